The number of hydrogen-bond donors (Lipinski definition) is 4. The van der Waals surface area contributed by atoms with Crippen LogP contribution in [0.1, 0.15) is 17.2 Å². The highest BCUT2D eigenvalue weighted by atomic mass is 16.4. The zero-order chi connectivity index (χ0) is 15.9. The summed E-state index contributed by atoms with van der Waals surface area (Å²) in [4.78, 5) is 10.4. The van der Waals surface area contributed by atoms with Crippen LogP contribution in [-0.4, -0.2) is 22.9 Å². The Hall–Kier alpha value is -2.60. The van der Waals surface area contributed by atoms with Crippen LogP contribution in [0.15, 0.2) is 48.8 Å². The van der Waals surface area contributed by atoms with Gasteiger partial charge in [0.25, 0.3) is 0 Å². The van der Waals surface area contributed by atoms with Gasteiger partial charge in [-0.1, -0.05) is 12.1 Å². The van der Waals surface area contributed by atoms with Gasteiger partial charge in [0.1, 0.15) is 6.10 Å². The molecule has 1 unspecified atom stereocenters. The number of nitrogens with one attached hydrogen (secondary N) is 1. The SMILES string of the molecule is Nc1ccc(CC[n+]2cccc(C(O)CNC(=O)O)c2)cc1. The number of amides is 1. The Morgan fingerprint density at radius 3 is 2.68 bits per heavy atom. The second-order valence-electron chi connectivity index (χ2n) is 5.07. The highest BCUT2D eigenvalue weighted by molar-refractivity contribution is 5.64. The van der Waals surface area contributed by atoms with Crippen molar-refractivity contribution in [3.05, 3.63) is 59.9 Å². The summed E-state index contributed by atoms with van der Waals surface area (Å²) in [6.45, 7) is 0.730. The highest BCUT2D eigenvalue weighted by Gasteiger charge is 2.12. The number of benzene rings is 1. The van der Waals surface area contributed by atoms with Crippen molar-refractivity contribution in [1.82, 2.24) is 5.32 Å². The zero-order valence-corrected chi connectivity index (χ0v) is 12.1. The minimum Gasteiger partial charge on any atom is -0.465 e. The smallest absolute Gasteiger partial charge is 0.404 e. The van der Waals surface area contributed by atoms with E-state index in [9.17, 15) is 9.90 Å². The van der Waals surface area contributed by atoms with Gasteiger partial charge in [0.05, 0.1) is 6.54 Å². The van der Waals surface area contributed by atoms with Gasteiger partial charge in [-0.3, -0.25) is 0 Å². The lowest BCUT2D eigenvalue weighted by molar-refractivity contribution is -0.697. The van der Waals surface area contributed by atoms with Crippen molar-refractivity contribution in [2.75, 3.05) is 12.3 Å². The van der Waals surface area contributed by atoms with Crippen LogP contribution >= 0.6 is 0 Å². The van der Waals surface area contributed by atoms with Crippen molar-refractivity contribution >= 4 is 11.8 Å². The molecule has 0 spiro atoms. The average molecular weight is 302 g/mol. The van der Waals surface area contributed by atoms with Crippen LogP contribution in [0.3, 0.4) is 0 Å². The molecule has 6 heteroatoms. The van der Waals surface area contributed by atoms with Gasteiger partial charge >= 0.3 is 6.09 Å². The minimum atomic E-state index is -1.15. The van der Waals surface area contributed by atoms with Crippen molar-refractivity contribution in [2.45, 2.75) is 19.1 Å². The van der Waals surface area contributed by atoms with Crippen LogP contribution in [0.2, 0.25) is 0 Å². The fourth-order valence-electron chi connectivity index (χ4n) is 2.12. The maximum absolute atomic E-state index is 10.4. The van der Waals surface area contributed by atoms with E-state index in [0.29, 0.717) is 5.56 Å². The Morgan fingerprint density at radius 1 is 1.27 bits per heavy atom. The molecule has 1 atom stereocenters. The first-order chi connectivity index (χ1) is 10.5. The molecule has 1 heterocycles. The minimum absolute atomic E-state index is 0.0304. The molecule has 1 aromatic heterocycles. The summed E-state index contributed by atoms with van der Waals surface area (Å²) in [5.41, 5.74) is 8.25. The van der Waals surface area contributed by atoms with E-state index in [4.69, 9.17) is 10.8 Å². The maximum atomic E-state index is 10.4. The van der Waals surface area contributed by atoms with Gasteiger partial charge in [-0.25, -0.2) is 9.36 Å². The predicted octanol–water partition coefficient (Wildman–Crippen LogP) is 1.10. The van der Waals surface area contributed by atoms with E-state index in [-0.39, 0.29) is 6.54 Å². The second-order valence-corrected chi connectivity index (χ2v) is 5.07. The summed E-state index contributed by atoms with van der Waals surface area (Å²) >= 11 is 0. The molecule has 6 nitrogen and oxygen atoms in total. The molecular formula is C16H20N3O3+. The molecule has 5 N–H and O–H groups in total. The molecule has 1 aromatic carbocycles. The summed E-state index contributed by atoms with van der Waals surface area (Å²) in [7, 11) is 0. The first-order valence-corrected chi connectivity index (χ1v) is 7.03. The Balaban J connectivity index is 1.95. The van der Waals surface area contributed by atoms with Crippen LogP contribution in [0.25, 0.3) is 0 Å². The normalized spacial score (nSPS) is 11.9. The Morgan fingerprint density at radius 2 is 2.00 bits per heavy atom. The summed E-state index contributed by atoms with van der Waals surface area (Å²) in [5.74, 6) is 0. The molecule has 116 valence electrons. The number of anilines is 1. The molecule has 1 amide bonds. The van der Waals surface area contributed by atoms with Crippen LogP contribution in [0, 0.1) is 0 Å². The Bertz CT molecular complexity index is 629. The molecule has 0 saturated carbocycles. The van der Waals surface area contributed by atoms with Crippen molar-refractivity contribution in [1.29, 1.82) is 0 Å². The molecule has 0 fully saturated rings. The molecule has 2 aromatic rings. The maximum Gasteiger partial charge on any atom is 0.404 e. The number of nitrogens with two attached hydrogens (primary N) is 1. The van der Waals surface area contributed by atoms with Crippen molar-refractivity contribution < 1.29 is 19.6 Å². The molecule has 0 saturated heterocycles. The van der Waals surface area contributed by atoms with E-state index in [1.807, 2.05) is 47.3 Å². The second kappa shape index (κ2) is 7.42. The fourth-order valence-corrected chi connectivity index (χ4v) is 2.12. The standard InChI is InChI=1S/C16H19N3O3/c17-14-5-3-12(4-6-14)7-9-19-8-1-2-13(11-19)15(20)10-18-16(21)22/h1-6,8,11,15,18,20H,7,9-10,17H2/p+1. The number of aromatic nitrogens is 1. The molecule has 22 heavy (non-hydrogen) atoms. The van der Waals surface area contributed by atoms with E-state index in [1.165, 1.54) is 5.56 Å². The monoisotopic (exact) mass is 302 g/mol. The lowest BCUT2D eigenvalue weighted by Gasteiger charge is -2.09. The zero-order valence-electron chi connectivity index (χ0n) is 12.1. The number of nitrogens with zero attached hydrogens (tertiary/aromatic N) is 1. The highest BCUT2D eigenvalue weighted by Crippen LogP contribution is 2.09. The number of carbonyl (C=O) groups is 1. The molecule has 2 rings (SSSR count). The quantitative estimate of drug-likeness (QED) is 0.474. The predicted molar refractivity (Wildman–Crippen MR) is 82.2 cm³/mol. The number of aliphatic hydroxyl groups excluding tert-OH is 1. The van der Waals surface area contributed by atoms with E-state index < -0.39 is 12.2 Å². The molecule has 0 bridgehead atoms. The average Bonchev–Trinajstić information content (AvgIpc) is 2.52. The number of carboxylic acid groups (broad SMARTS) is 1. The summed E-state index contributed by atoms with van der Waals surface area (Å²) in [6, 6.07) is 11.3. The summed E-state index contributed by atoms with van der Waals surface area (Å²) in [5, 5.41) is 20.7. The first kappa shape index (κ1) is 15.8. The summed E-state index contributed by atoms with van der Waals surface area (Å²) in [6.07, 6.45) is 2.58. The van der Waals surface area contributed by atoms with Gasteiger partial charge in [-0.2, -0.15) is 0 Å². The van der Waals surface area contributed by atoms with Crippen LogP contribution in [-0.2, 0) is 13.0 Å². The molecule has 0 aliphatic carbocycles. The number of aliphatic hydroxyl groups is 1. The van der Waals surface area contributed by atoms with Gasteiger partial charge in [-0.15, -0.1) is 0 Å². The number of rotatable bonds is 6. The molecular weight excluding hydrogens is 282 g/mol. The van der Waals surface area contributed by atoms with Crippen LogP contribution < -0.4 is 15.6 Å². The fraction of sp³-hybridized carbons (Fsp3) is 0.250. The van der Waals surface area contributed by atoms with Crippen molar-refractivity contribution in [3.63, 3.8) is 0 Å². The largest absolute Gasteiger partial charge is 0.465 e. The van der Waals surface area contributed by atoms with E-state index in [2.05, 4.69) is 5.32 Å². The van der Waals surface area contributed by atoms with Gasteiger partial charge in [-0.05, 0) is 23.8 Å². The first-order valence-electron chi connectivity index (χ1n) is 7.03. The number of nitrogen functional groups attached to an aromatic ring is 1. The third-order valence-corrected chi connectivity index (χ3v) is 3.35. The van der Waals surface area contributed by atoms with Crippen molar-refractivity contribution in [3.8, 4) is 0 Å². The molecule has 0 aliphatic heterocycles. The lowest BCUT2D eigenvalue weighted by Crippen LogP contribution is -2.35. The van der Waals surface area contributed by atoms with E-state index in [1.54, 1.807) is 6.07 Å². The number of pyridine rings is 1. The van der Waals surface area contributed by atoms with Gasteiger partial charge < -0.3 is 21.3 Å². The van der Waals surface area contributed by atoms with E-state index >= 15 is 0 Å². The van der Waals surface area contributed by atoms with E-state index in [0.717, 1.165) is 18.7 Å². The Kier molecular flexibility index (Phi) is 5.32. The van der Waals surface area contributed by atoms with Crippen LogP contribution in [0.4, 0.5) is 10.5 Å². The molecule has 0 radical (unpaired) electrons. The topological polar surface area (TPSA) is 99.5 Å². The third-order valence-electron chi connectivity index (χ3n) is 3.35. The summed E-state index contributed by atoms with van der Waals surface area (Å²) < 4.78 is 1.97. The van der Waals surface area contributed by atoms with Gasteiger partial charge in [0, 0.05) is 23.7 Å². The Labute approximate surface area is 128 Å². The van der Waals surface area contributed by atoms with Gasteiger partial charge in [0.2, 0.25) is 0 Å². The van der Waals surface area contributed by atoms with Crippen molar-refractivity contribution in [2.24, 2.45) is 0 Å². The third kappa shape index (κ3) is 4.75. The van der Waals surface area contributed by atoms with Gasteiger partial charge in [0.15, 0.2) is 18.9 Å². The number of aryl methyl sites for hydroxylation is 2. The number of hydrogen-bond acceptors (Lipinski definition) is 3. The molecule has 0 aliphatic rings. The van der Waals surface area contributed by atoms with Crippen LogP contribution in [0.5, 0.6) is 0 Å². The lowest BCUT2D eigenvalue weighted by atomic mass is 10.1.